The molecule has 2 aliphatic heterocycles. The number of phenols is 1. The van der Waals surface area contributed by atoms with Crippen LogP contribution in [0.2, 0.25) is 6.32 Å². The third-order valence-corrected chi connectivity index (χ3v) is 8.93. The summed E-state index contributed by atoms with van der Waals surface area (Å²) in [4.78, 5) is 27.0. The molecular weight excluding hydrogens is 596 g/mol. The summed E-state index contributed by atoms with van der Waals surface area (Å²) in [6.45, 7) is 2.03. The van der Waals surface area contributed by atoms with Crippen LogP contribution < -0.4 is 4.74 Å². The van der Waals surface area contributed by atoms with E-state index in [-0.39, 0.29) is 35.5 Å². The first kappa shape index (κ1) is 27.0. The highest BCUT2D eigenvalue weighted by Gasteiger charge is 2.55. The summed E-state index contributed by atoms with van der Waals surface area (Å²) in [5.41, 5.74) is 5.21. The van der Waals surface area contributed by atoms with Gasteiger partial charge in [0.05, 0.1) is 28.6 Å². The first-order chi connectivity index (χ1) is 18.2. The average Bonchev–Trinajstić information content (AvgIpc) is 3.12. The van der Waals surface area contributed by atoms with Crippen molar-refractivity contribution < 1.29 is 29.1 Å². The second kappa shape index (κ2) is 10.9. The van der Waals surface area contributed by atoms with Crippen LogP contribution in [0.25, 0.3) is 11.6 Å². The summed E-state index contributed by atoms with van der Waals surface area (Å²) in [5.74, 6) is -0.716. The predicted octanol–water partition coefficient (Wildman–Crippen LogP) is 4.77. The van der Waals surface area contributed by atoms with Crippen LogP contribution in [0.5, 0.6) is 11.5 Å². The molecular formula is C29H31BINO6. The van der Waals surface area contributed by atoms with Crippen LogP contribution in [0.15, 0.2) is 53.6 Å². The quantitative estimate of drug-likeness (QED) is 0.158. The van der Waals surface area contributed by atoms with E-state index in [1.807, 2.05) is 37.3 Å². The van der Waals surface area contributed by atoms with Gasteiger partial charge in [0, 0.05) is 7.05 Å². The molecule has 2 heterocycles. The van der Waals surface area contributed by atoms with Crippen molar-refractivity contribution in [1.82, 2.24) is 4.90 Å². The van der Waals surface area contributed by atoms with E-state index >= 15 is 0 Å². The number of likely N-dealkylation sites (tertiary alicyclic amines) is 1. The number of ether oxygens (including phenoxy) is 1. The molecule has 9 heteroatoms. The van der Waals surface area contributed by atoms with Gasteiger partial charge in [-0.1, -0.05) is 42.0 Å². The van der Waals surface area contributed by atoms with Crippen molar-refractivity contribution >= 4 is 53.2 Å². The molecule has 38 heavy (non-hydrogen) atoms. The van der Waals surface area contributed by atoms with Crippen molar-refractivity contribution in [3.8, 4) is 11.5 Å². The number of hydrogen-bond donors (Lipinski definition) is 2. The van der Waals surface area contributed by atoms with Crippen molar-refractivity contribution in [2.45, 2.75) is 38.6 Å². The molecule has 2 aromatic rings. The molecule has 2 N–H and O–H groups in total. The second-order valence-electron chi connectivity index (χ2n) is 10.4. The Bertz CT molecular complexity index is 1330. The summed E-state index contributed by atoms with van der Waals surface area (Å²) in [5, 5.41) is 20.9. The number of nitrogens with zero attached hydrogens (tertiary/aromatic N) is 1. The molecule has 0 radical (unpaired) electrons. The number of phenolic OH excluding ortho intramolecular Hbond substituents is 1. The number of allylic oxidation sites excluding steroid dienone is 2. The Morgan fingerprint density at radius 3 is 2.66 bits per heavy atom. The van der Waals surface area contributed by atoms with Gasteiger partial charge < -0.3 is 19.5 Å². The molecule has 2 fully saturated rings. The van der Waals surface area contributed by atoms with Gasteiger partial charge in [-0.05, 0) is 95.4 Å². The van der Waals surface area contributed by atoms with E-state index in [9.17, 15) is 19.7 Å². The second-order valence-corrected chi connectivity index (χ2v) is 11.5. The number of fused-ring (bicyclic) bond motifs is 3. The van der Waals surface area contributed by atoms with Gasteiger partial charge >= 0.3 is 7.12 Å². The van der Waals surface area contributed by atoms with Crippen LogP contribution in [-0.2, 0) is 14.2 Å². The molecule has 7 nitrogen and oxygen atoms in total. The summed E-state index contributed by atoms with van der Waals surface area (Å²) < 4.78 is 12.1. The molecule has 2 amide bonds. The summed E-state index contributed by atoms with van der Waals surface area (Å²) in [6, 6.07) is 13.8. The van der Waals surface area contributed by atoms with Gasteiger partial charge in [0.1, 0.15) is 0 Å². The Morgan fingerprint density at radius 1 is 1.21 bits per heavy atom. The smallest absolute Gasteiger partial charge is 0.455 e. The standard InChI is InChI=1S/C29H31BINO6/c1-16-11-20-26(29(35)32(2)28(20)34)21-15-30(36)38-23(25(16)21)10-9-19(18-7-5-4-6-8-18)12-17-13-22(31)27(33)24(14-17)37-3/h4-8,12-14,20-21,23,26,33,36H,9-11,15H2,1-3H3/b19-12-/t20-,21+,23-,26-/m1/s1. The van der Waals surface area contributed by atoms with Gasteiger partial charge in [0.2, 0.25) is 11.8 Å². The van der Waals surface area contributed by atoms with Crippen molar-refractivity contribution in [3.05, 3.63) is 68.3 Å². The summed E-state index contributed by atoms with van der Waals surface area (Å²) in [6.07, 6.45) is 3.88. The Labute approximate surface area is 236 Å². The normalized spacial score (nSPS) is 25.6. The number of hydrogen-bond acceptors (Lipinski definition) is 6. The van der Waals surface area contributed by atoms with Gasteiger partial charge in [-0.15, -0.1) is 0 Å². The van der Waals surface area contributed by atoms with E-state index < -0.39 is 13.0 Å². The highest BCUT2D eigenvalue weighted by Crippen LogP contribution is 2.50. The third kappa shape index (κ3) is 4.91. The van der Waals surface area contributed by atoms with Crippen molar-refractivity contribution in [3.63, 3.8) is 0 Å². The molecule has 3 aliphatic rings. The van der Waals surface area contributed by atoms with E-state index in [4.69, 9.17) is 9.39 Å². The Balaban J connectivity index is 1.46. The largest absolute Gasteiger partial charge is 0.504 e. The molecule has 0 aromatic heterocycles. The Hall–Kier alpha value is -2.63. The highest BCUT2D eigenvalue weighted by atomic mass is 127. The van der Waals surface area contributed by atoms with Crippen molar-refractivity contribution in [2.75, 3.05) is 14.2 Å². The van der Waals surface area contributed by atoms with E-state index in [0.29, 0.717) is 34.9 Å². The average molecular weight is 627 g/mol. The molecule has 0 bridgehead atoms. The minimum atomic E-state index is -0.985. The van der Waals surface area contributed by atoms with Crippen LogP contribution in [0, 0.1) is 21.3 Å². The summed E-state index contributed by atoms with van der Waals surface area (Å²) in [7, 11) is 2.10. The Morgan fingerprint density at radius 2 is 1.95 bits per heavy atom. The van der Waals surface area contributed by atoms with E-state index in [0.717, 1.165) is 27.8 Å². The van der Waals surface area contributed by atoms with Gasteiger partial charge in [-0.2, -0.15) is 0 Å². The number of carbonyl (C=O) groups is 2. The number of aromatic hydroxyl groups is 1. The maximum atomic E-state index is 13.0. The first-order valence-corrected chi connectivity index (χ1v) is 13.9. The molecule has 4 atom stereocenters. The van der Waals surface area contributed by atoms with Gasteiger partial charge in [-0.25, -0.2) is 0 Å². The topological polar surface area (TPSA) is 96.3 Å². The lowest BCUT2D eigenvalue weighted by molar-refractivity contribution is -0.138. The zero-order chi connectivity index (χ0) is 27.1. The van der Waals surface area contributed by atoms with Crippen LogP contribution >= 0.6 is 22.6 Å². The number of benzene rings is 2. The fraction of sp³-hybridized carbons (Fsp3) is 0.379. The van der Waals surface area contributed by atoms with Gasteiger partial charge in [-0.3, -0.25) is 14.5 Å². The Kier molecular flexibility index (Phi) is 7.71. The minimum Gasteiger partial charge on any atom is -0.504 e. The number of imide groups is 1. The van der Waals surface area contributed by atoms with Gasteiger partial charge in [0.25, 0.3) is 0 Å². The zero-order valence-electron chi connectivity index (χ0n) is 21.7. The number of rotatable bonds is 6. The number of amides is 2. The monoisotopic (exact) mass is 627 g/mol. The highest BCUT2D eigenvalue weighted by molar-refractivity contribution is 14.1. The van der Waals surface area contributed by atoms with E-state index in [2.05, 4.69) is 40.8 Å². The molecule has 198 valence electrons. The molecule has 2 saturated heterocycles. The maximum Gasteiger partial charge on any atom is 0.455 e. The lowest BCUT2D eigenvalue weighted by atomic mass is 9.58. The number of carbonyl (C=O) groups excluding carboxylic acids is 2. The van der Waals surface area contributed by atoms with Gasteiger partial charge in [0.15, 0.2) is 11.5 Å². The molecule has 0 unspecified atom stereocenters. The molecule has 0 spiro atoms. The predicted molar refractivity (Wildman–Crippen MR) is 154 cm³/mol. The van der Waals surface area contributed by atoms with Crippen LogP contribution in [0.4, 0.5) is 0 Å². The fourth-order valence-corrected chi connectivity index (χ4v) is 6.98. The SMILES string of the molecule is COc1cc(/C=C(/CC[C@H]2OB(O)C[C@H]3C2=C(C)C[C@H]2C(=O)N(C)C(=O)[C@H]23)c2ccccc2)cc(I)c1O. The minimum absolute atomic E-state index is 0.116. The maximum absolute atomic E-state index is 13.0. The summed E-state index contributed by atoms with van der Waals surface area (Å²) >= 11 is 2.09. The van der Waals surface area contributed by atoms with E-state index in [1.54, 1.807) is 7.05 Å². The number of halogens is 1. The van der Waals surface area contributed by atoms with E-state index in [1.165, 1.54) is 12.0 Å². The van der Waals surface area contributed by atoms with Crippen molar-refractivity contribution in [2.24, 2.45) is 17.8 Å². The van der Waals surface area contributed by atoms with Crippen molar-refractivity contribution in [1.29, 1.82) is 0 Å². The lowest BCUT2D eigenvalue weighted by Crippen LogP contribution is -2.45. The van der Waals surface area contributed by atoms with Crippen LogP contribution in [0.1, 0.15) is 37.3 Å². The first-order valence-electron chi connectivity index (χ1n) is 12.9. The molecule has 0 saturated carbocycles. The number of methoxy groups -OCH3 is 1. The van der Waals surface area contributed by atoms with Crippen LogP contribution in [-0.4, -0.2) is 54.2 Å². The zero-order valence-corrected chi connectivity index (χ0v) is 23.8. The van der Waals surface area contributed by atoms with Crippen LogP contribution in [0.3, 0.4) is 0 Å². The molecule has 5 rings (SSSR count). The fourth-order valence-electron chi connectivity index (χ4n) is 6.35. The molecule has 1 aliphatic carbocycles. The lowest BCUT2D eigenvalue weighted by Gasteiger charge is -2.42. The third-order valence-electron chi connectivity index (χ3n) is 8.10. The molecule has 2 aromatic carbocycles.